The summed E-state index contributed by atoms with van der Waals surface area (Å²) < 4.78 is 44.4. The van der Waals surface area contributed by atoms with Crippen molar-refractivity contribution in [2.24, 2.45) is 16.2 Å². The quantitative estimate of drug-likeness (QED) is 0.0539. The van der Waals surface area contributed by atoms with Crippen molar-refractivity contribution in [2.75, 3.05) is 50.5 Å². The number of morpholine rings is 1. The summed E-state index contributed by atoms with van der Waals surface area (Å²) in [5, 5.41) is 26.2. The number of pyridine rings is 1. The van der Waals surface area contributed by atoms with Crippen molar-refractivity contribution in [1.29, 1.82) is 0 Å². The smallest absolute Gasteiger partial charge is 0.303 e. The van der Waals surface area contributed by atoms with E-state index in [0.29, 0.717) is 53.6 Å². The average molecular weight is 968 g/mol. The van der Waals surface area contributed by atoms with Crippen LogP contribution in [-0.4, -0.2) is 117 Å². The number of benzene rings is 1. The number of carbonyl (C=O) groups is 3. The number of amides is 1. The minimum atomic E-state index is -4.17. The van der Waals surface area contributed by atoms with Crippen LogP contribution in [0.4, 0.5) is 10.9 Å². The summed E-state index contributed by atoms with van der Waals surface area (Å²) >= 11 is 1.46. The number of ketones is 1. The number of carboxylic acid groups (broad SMARTS) is 1. The zero-order chi connectivity index (χ0) is 47.9. The van der Waals surface area contributed by atoms with E-state index in [2.05, 4.69) is 49.0 Å². The van der Waals surface area contributed by atoms with Gasteiger partial charge in [-0.1, -0.05) is 43.7 Å². The molecule has 362 valence electrons. The van der Waals surface area contributed by atoms with Gasteiger partial charge in [0.05, 0.1) is 47.6 Å². The molecule has 0 radical (unpaired) electrons. The number of unbranched alkanes of at least 4 members (excludes halogenated alkanes) is 2. The molecule has 5 aliphatic rings. The Bertz CT molecular complexity index is 2800. The topological polar surface area (TPSA) is 221 Å². The molecule has 10 rings (SSSR count). The van der Waals surface area contributed by atoms with Gasteiger partial charge in [0.2, 0.25) is 15.8 Å². The van der Waals surface area contributed by atoms with Crippen LogP contribution in [-0.2, 0) is 30.8 Å². The van der Waals surface area contributed by atoms with Crippen molar-refractivity contribution in [2.45, 2.75) is 110 Å². The zero-order valence-electron chi connectivity index (χ0n) is 39.3. The highest BCUT2D eigenvalue weighted by molar-refractivity contribution is 7.90. The molecule has 1 aromatic carbocycles. The second-order valence-corrected chi connectivity index (χ2v) is 23.4. The van der Waals surface area contributed by atoms with Crippen LogP contribution in [0.3, 0.4) is 0 Å². The summed E-state index contributed by atoms with van der Waals surface area (Å²) in [5.74, 6) is -2.55. The van der Waals surface area contributed by atoms with Crippen LogP contribution in [0.5, 0.6) is 0 Å². The van der Waals surface area contributed by atoms with E-state index in [4.69, 9.17) is 19.7 Å². The van der Waals surface area contributed by atoms with Crippen LogP contribution in [0.1, 0.15) is 122 Å². The number of hydrogen-bond donors (Lipinski definition) is 3. The second kappa shape index (κ2) is 18.9. The molecule has 4 bridgehead atoms. The third-order valence-corrected chi connectivity index (χ3v) is 16.8. The Morgan fingerprint density at radius 2 is 1.69 bits per heavy atom. The minimum absolute atomic E-state index is 0.0154. The Hall–Kier alpha value is -5.21. The van der Waals surface area contributed by atoms with Gasteiger partial charge in [-0.3, -0.25) is 24.0 Å². The number of para-hydroxylation sites is 1. The van der Waals surface area contributed by atoms with E-state index in [9.17, 15) is 22.8 Å². The highest BCUT2D eigenvalue weighted by atomic mass is 32.2. The van der Waals surface area contributed by atoms with E-state index in [1.807, 2.05) is 35.9 Å². The van der Waals surface area contributed by atoms with E-state index in [-0.39, 0.29) is 51.8 Å². The highest BCUT2D eigenvalue weighted by Crippen LogP contribution is 2.69. The number of carbonyl (C=O) groups excluding carboxylic acids is 2. The van der Waals surface area contributed by atoms with Gasteiger partial charge in [-0.2, -0.15) is 5.10 Å². The number of hydrogen-bond acceptors (Lipinski definition) is 15. The van der Waals surface area contributed by atoms with Crippen LogP contribution in [0.25, 0.3) is 21.3 Å². The molecule has 1 aliphatic heterocycles. The molecule has 5 heterocycles. The normalized spacial score (nSPS) is 24.8. The number of nitrogens with one attached hydrogen (secondary N) is 2. The molecule has 2 atom stereocenters. The molecule has 19 heteroatoms. The molecule has 4 aromatic heterocycles. The van der Waals surface area contributed by atoms with Crippen molar-refractivity contribution in [3.63, 3.8) is 0 Å². The van der Waals surface area contributed by atoms with Crippen molar-refractivity contribution < 1.29 is 37.4 Å². The number of fused-ring (bicyclic) bond motifs is 1. The SMILES string of the molecule is Cc1cc(C(=O)c2ccc(-c3cnn(CC45CC(C)(CC6(C)CCC(OCCN7CCOCC7)(C6)C4)C5)c3C)c(C(=O)NS(=O)(=O)CCCCCC(=O)O)n2)nnc1Nc1nc2ccccc2s1. The number of anilines is 2. The number of nitrogens with zero attached hydrogens (tertiary/aromatic N) is 7. The summed E-state index contributed by atoms with van der Waals surface area (Å²) in [7, 11) is -4.17. The maximum absolute atomic E-state index is 14.2. The minimum Gasteiger partial charge on any atom is -0.481 e. The van der Waals surface area contributed by atoms with Gasteiger partial charge in [-0.15, -0.1) is 10.2 Å². The van der Waals surface area contributed by atoms with E-state index < -0.39 is 33.4 Å². The number of thiazole rings is 1. The number of ether oxygens (including phenoxy) is 2. The Morgan fingerprint density at radius 1 is 0.897 bits per heavy atom. The third-order valence-electron chi connectivity index (χ3n) is 14.5. The molecular formula is C49H61N9O8S2. The van der Waals surface area contributed by atoms with Crippen LogP contribution >= 0.6 is 11.3 Å². The van der Waals surface area contributed by atoms with Crippen LogP contribution in [0.2, 0.25) is 0 Å². The van der Waals surface area contributed by atoms with Gasteiger partial charge in [0, 0.05) is 49.4 Å². The molecule has 5 fully saturated rings. The van der Waals surface area contributed by atoms with Gasteiger partial charge < -0.3 is 19.9 Å². The zero-order valence-corrected chi connectivity index (χ0v) is 40.9. The Kier molecular flexibility index (Phi) is 13.3. The van der Waals surface area contributed by atoms with Crippen molar-refractivity contribution in [1.82, 2.24) is 39.6 Å². The first-order valence-electron chi connectivity index (χ1n) is 23.7. The monoisotopic (exact) mass is 967 g/mol. The maximum Gasteiger partial charge on any atom is 0.303 e. The summed E-state index contributed by atoms with van der Waals surface area (Å²) in [5.41, 5.74) is 2.94. The first-order valence-corrected chi connectivity index (χ1v) is 26.2. The fraction of sp³-hybridized carbons (Fsp3) is 0.551. The highest BCUT2D eigenvalue weighted by Gasteiger charge is 2.63. The lowest BCUT2D eigenvalue weighted by molar-refractivity contribution is -0.161. The largest absolute Gasteiger partial charge is 0.481 e. The lowest BCUT2D eigenvalue weighted by Crippen LogP contribution is -2.55. The molecule has 0 spiro atoms. The Morgan fingerprint density at radius 3 is 2.46 bits per heavy atom. The molecule has 68 heavy (non-hydrogen) atoms. The van der Waals surface area contributed by atoms with E-state index >= 15 is 0 Å². The number of sulfonamides is 1. The third kappa shape index (κ3) is 10.5. The first-order chi connectivity index (χ1) is 32.4. The van der Waals surface area contributed by atoms with Gasteiger partial charge in [0.15, 0.2) is 10.9 Å². The molecular weight excluding hydrogens is 907 g/mol. The molecule has 2 unspecified atom stereocenters. The van der Waals surface area contributed by atoms with Crippen LogP contribution in [0.15, 0.2) is 48.7 Å². The Labute approximate surface area is 400 Å². The number of rotatable bonds is 19. The lowest BCUT2D eigenvalue weighted by atomic mass is 9.46. The summed E-state index contributed by atoms with van der Waals surface area (Å²) in [6, 6.07) is 12.4. The summed E-state index contributed by atoms with van der Waals surface area (Å²) in [6.45, 7) is 14.2. The first kappa shape index (κ1) is 47.8. The standard InChI is InChI=1S/C49H61N9O8S2/c1-32-24-38(54-55-43(32)53-45-52-36-10-7-8-11-39(36)67-45)42(61)37-14-13-34(41(51-37)44(62)56-68(63,64)23-9-5-6-12-40(59)60)35-25-50-58(33(35)2)31-48-27-47(4,28-48)26-46(3)15-16-49(29-46,30-48)66-22-19-57-17-20-65-21-18-57/h7-8,10-11,13-14,24-25H,5-6,9,12,15-23,26-31H2,1-4H3,(H,56,62)(H,59,60)(H,52,53,55). The number of aromatic nitrogens is 6. The van der Waals surface area contributed by atoms with Gasteiger partial charge in [-0.05, 0) is 124 Å². The summed E-state index contributed by atoms with van der Waals surface area (Å²) in [6.07, 6.45) is 9.86. The molecule has 1 saturated heterocycles. The van der Waals surface area contributed by atoms with Gasteiger partial charge in [-0.25, -0.2) is 23.1 Å². The fourth-order valence-corrected chi connectivity index (χ4v) is 14.0. The number of aliphatic carboxylic acids is 1. The van der Waals surface area contributed by atoms with Crippen molar-refractivity contribution >= 4 is 60.2 Å². The Balaban J connectivity index is 0.976. The van der Waals surface area contributed by atoms with Gasteiger partial charge >= 0.3 is 5.97 Å². The average Bonchev–Trinajstić information content (AvgIpc) is 3.97. The predicted octanol–water partition coefficient (Wildman–Crippen LogP) is 7.50. The van der Waals surface area contributed by atoms with Crippen molar-refractivity contribution in [3.8, 4) is 11.1 Å². The van der Waals surface area contributed by atoms with Crippen molar-refractivity contribution in [3.05, 3.63) is 77.0 Å². The second-order valence-electron chi connectivity index (χ2n) is 20.5. The lowest BCUT2D eigenvalue weighted by Gasteiger charge is -2.61. The van der Waals surface area contributed by atoms with Gasteiger partial charge in [0.1, 0.15) is 17.1 Å². The van der Waals surface area contributed by atoms with E-state index in [0.717, 1.165) is 93.7 Å². The van der Waals surface area contributed by atoms with Crippen LogP contribution < -0.4 is 10.0 Å². The van der Waals surface area contributed by atoms with Gasteiger partial charge in [0.25, 0.3) is 5.91 Å². The molecule has 5 aromatic rings. The maximum atomic E-state index is 14.2. The summed E-state index contributed by atoms with van der Waals surface area (Å²) in [4.78, 5) is 50.8. The molecule has 4 saturated carbocycles. The predicted molar refractivity (Wildman–Crippen MR) is 258 cm³/mol. The number of carboxylic acids is 1. The van der Waals surface area contributed by atoms with E-state index in [1.54, 1.807) is 25.3 Å². The molecule has 4 aliphatic carbocycles. The van der Waals surface area contributed by atoms with E-state index in [1.165, 1.54) is 17.4 Å². The molecule has 3 N–H and O–H groups in total. The van der Waals surface area contributed by atoms with Crippen LogP contribution in [0, 0.1) is 30.1 Å². The molecule has 1 amide bonds. The molecule has 17 nitrogen and oxygen atoms in total. The fourth-order valence-electron chi connectivity index (χ4n) is 12.1. The number of aryl methyl sites for hydroxylation is 1.